The third-order valence-corrected chi connectivity index (χ3v) is 4.63. The lowest BCUT2D eigenvalue weighted by molar-refractivity contribution is -0.117. The van der Waals surface area contributed by atoms with E-state index in [-0.39, 0.29) is 17.7 Å². The van der Waals surface area contributed by atoms with Crippen LogP contribution in [0.5, 0.6) is 0 Å². The van der Waals surface area contributed by atoms with Crippen LogP contribution in [0, 0.1) is 5.92 Å². The average molecular weight is 400 g/mol. The zero-order valence-corrected chi connectivity index (χ0v) is 15.3. The van der Waals surface area contributed by atoms with Gasteiger partial charge < -0.3 is 5.32 Å². The number of hydrazone groups is 1. The van der Waals surface area contributed by atoms with E-state index in [0.717, 1.165) is 24.1 Å². The van der Waals surface area contributed by atoms with Gasteiger partial charge in [-0.05, 0) is 65.5 Å². The average Bonchev–Trinajstić information content (AvgIpc) is 3.45. The lowest BCUT2D eigenvalue weighted by Crippen LogP contribution is -2.20. The number of carbonyl (C=O) groups excluding carboxylic acids is 2. The van der Waals surface area contributed by atoms with E-state index in [2.05, 4.69) is 31.8 Å². The number of carbonyl (C=O) groups is 2. The van der Waals surface area contributed by atoms with Crippen LogP contribution in [0.4, 0.5) is 5.69 Å². The van der Waals surface area contributed by atoms with E-state index in [9.17, 15) is 9.59 Å². The van der Waals surface area contributed by atoms with Gasteiger partial charge in [-0.1, -0.05) is 24.3 Å². The predicted molar refractivity (Wildman–Crippen MR) is 102 cm³/mol. The fraction of sp³-hybridized carbons (Fsp3) is 0.211. The third kappa shape index (κ3) is 4.54. The van der Waals surface area contributed by atoms with Crippen LogP contribution in [0.15, 0.2) is 58.1 Å². The monoisotopic (exact) mass is 399 g/mol. The van der Waals surface area contributed by atoms with E-state index in [1.807, 2.05) is 37.3 Å². The van der Waals surface area contributed by atoms with Crippen LogP contribution >= 0.6 is 15.9 Å². The van der Waals surface area contributed by atoms with E-state index in [0.29, 0.717) is 15.7 Å². The highest BCUT2D eigenvalue weighted by Gasteiger charge is 2.29. The molecule has 25 heavy (non-hydrogen) atoms. The predicted octanol–water partition coefficient (Wildman–Crippen LogP) is 3.95. The first-order valence-electron chi connectivity index (χ1n) is 8.05. The first kappa shape index (κ1) is 17.4. The molecule has 6 heteroatoms. The van der Waals surface area contributed by atoms with Crippen molar-refractivity contribution in [1.82, 2.24) is 5.43 Å². The van der Waals surface area contributed by atoms with Crippen LogP contribution in [0.3, 0.4) is 0 Å². The Hall–Kier alpha value is -2.47. The molecule has 0 atom stereocenters. The van der Waals surface area contributed by atoms with Crippen LogP contribution in [0.1, 0.15) is 35.7 Å². The number of halogens is 1. The molecule has 2 aromatic rings. The summed E-state index contributed by atoms with van der Waals surface area (Å²) < 4.78 is 0.713. The molecule has 0 aromatic heterocycles. The molecule has 1 aliphatic carbocycles. The van der Waals surface area contributed by atoms with Gasteiger partial charge in [0.2, 0.25) is 5.91 Å². The maximum absolute atomic E-state index is 12.2. The molecule has 1 aliphatic rings. The van der Waals surface area contributed by atoms with Gasteiger partial charge in [-0.15, -0.1) is 0 Å². The fourth-order valence-corrected chi connectivity index (χ4v) is 2.78. The third-order valence-electron chi connectivity index (χ3n) is 3.94. The van der Waals surface area contributed by atoms with Gasteiger partial charge in [-0.25, -0.2) is 5.43 Å². The molecule has 2 amide bonds. The van der Waals surface area contributed by atoms with Crippen molar-refractivity contribution < 1.29 is 9.59 Å². The molecule has 0 aliphatic heterocycles. The first-order valence-corrected chi connectivity index (χ1v) is 8.84. The molecule has 0 unspecified atom stereocenters. The summed E-state index contributed by atoms with van der Waals surface area (Å²) in [4.78, 5) is 24.0. The quantitative estimate of drug-likeness (QED) is 0.590. The van der Waals surface area contributed by atoms with Gasteiger partial charge >= 0.3 is 0 Å². The minimum atomic E-state index is -0.287. The summed E-state index contributed by atoms with van der Waals surface area (Å²) in [6.45, 7) is 1.81. The Morgan fingerprint density at radius 1 is 1.12 bits per heavy atom. The van der Waals surface area contributed by atoms with Gasteiger partial charge in [-0.3, -0.25) is 9.59 Å². The standard InChI is InChI=1S/C19H18BrN3O2/c1-12(22-23-19(25)16-7-2-3-8-17(16)20)14-5-4-6-15(11-14)21-18(24)13-9-10-13/h2-8,11,13H,9-10H2,1H3,(H,21,24)(H,23,25). The first-order chi connectivity index (χ1) is 12.0. The molecule has 2 aromatic carbocycles. The molecule has 3 rings (SSSR count). The lowest BCUT2D eigenvalue weighted by atomic mass is 10.1. The summed E-state index contributed by atoms with van der Waals surface area (Å²) in [7, 11) is 0. The van der Waals surface area contributed by atoms with Gasteiger partial charge in [0.05, 0.1) is 11.3 Å². The van der Waals surface area contributed by atoms with E-state index >= 15 is 0 Å². The Labute approximate surface area is 154 Å². The zero-order chi connectivity index (χ0) is 17.8. The molecular formula is C19H18BrN3O2. The topological polar surface area (TPSA) is 70.6 Å². The molecule has 2 N–H and O–H groups in total. The van der Waals surface area contributed by atoms with Gasteiger partial charge in [0.25, 0.3) is 5.91 Å². The van der Waals surface area contributed by atoms with E-state index < -0.39 is 0 Å². The summed E-state index contributed by atoms with van der Waals surface area (Å²) in [5.74, 6) is -0.0685. The van der Waals surface area contributed by atoms with Gasteiger partial charge in [-0.2, -0.15) is 5.10 Å². The summed E-state index contributed by atoms with van der Waals surface area (Å²) in [6.07, 6.45) is 1.93. The number of hydrogen-bond donors (Lipinski definition) is 2. The SMILES string of the molecule is CC(=NNC(=O)c1ccccc1Br)c1cccc(NC(=O)C2CC2)c1. The largest absolute Gasteiger partial charge is 0.326 e. The van der Waals surface area contributed by atoms with Crippen molar-refractivity contribution in [3.63, 3.8) is 0 Å². The van der Waals surface area contributed by atoms with E-state index in [4.69, 9.17) is 0 Å². The number of anilines is 1. The normalized spacial score (nSPS) is 14.1. The van der Waals surface area contributed by atoms with Crippen LogP contribution in [-0.4, -0.2) is 17.5 Å². The molecular weight excluding hydrogens is 382 g/mol. The molecule has 0 spiro atoms. The second-order valence-electron chi connectivity index (χ2n) is 5.96. The van der Waals surface area contributed by atoms with Crippen LogP contribution in [0.2, 0.25) is 0 Å². The number of nitrogens with zero attached hydrogens (tertiary/aromatic N) is 1. The van der Waals surface area contributed by atoms with Crippen molar-refractivity contribution in [3.8, 4) is 0 Å². The minimum Gasteiger partial charge on any atom is -0.326 e. The van der Waals surface area contributed by atoms with Crippen molar-refractivity contribution in [2.75, 3.05) is 5.32 Å². The zero-order valence-electron chi connectivity index (χ0n) is 13.8. The second-order valence-corrected chi connectivity index (χ2v) is 6.82. The second kappa shape index (κ2) is 7.61. The van der Waals surface area contributed by atoms with Gasteiger partial charge in [0.1, 0.15) is 0 Å². The highest BCUT2D eigenvalue weighted by atomic mass is 79.9. The smallest absolute Gasteiger partial charge is 0.272 e. The van der Waals surface area contributed by atoms with Crippen LogP contribution in [-0.2, 0) is 4.79 Å². The van der Waals surface area contributed by atoms with Crippen molar-refractivity contribution in [2.45, 2.75) is 19.8 Å². The van der Waals surface area contributed by atoms with Crippen molar-refractivity contribution >= 4 is 39.1 Å². The molecule has 128 valence electrons. The van der Waals surface area contributed by atoms with Crippen LogP contribution in [0.25, 0.3) is 0 Å². The van der Waals surface area contributed by atoms with E-state index in [1.165, 1.54) is 0 Å². The van der Waals surface area contributed by atoms with Crippen molar-refractivity contribution in [2.24, 2.45) is 11.0 Å². The number of benzene rings is 2. The summed E-state index contributed by atoms with van der Waals surface area (Å²) in [5.41, 5.74) is 5.30. The number of nitrogens with one attached hydrogen (secondary N) is 2. The Morgan fingerprint density at radius 2 is 1.88 bits per heavy atom. The Morgan fingerprint density at radius 3 is 2.60 bits per heavy atom. The molecule has 5 nitrogen and oxygen atoms in total. The Balaban J connectivity index is 1.68. The molecule has 0 heterocycles. The minimum absolute atomic E-state index is 0.0639. The molecule has 0 bridgehead atoms. The Bertz CT molecular complexity index is 844. The van der Waals surface area contributed by atoms with Crippen LogP contribution < -0.4 is 10.7 Å². The number of rotatable bonds is 5. The summed E-state index contributed by atoms with van der Waals surface area (Å²) >= 11 is 3.35. The highest BCUT2D eigenvalue weighted by Crippen LogP contribution is 2.30. The molecule has 1 saturated carbocycles. The number of amides is 2. The summed E-state index contributed by atoms with van der Waals surface area (Å²) in [6, 6.07) is 14.6. The molecule has 0 saturated heterocycles. The maximum Gasteiger partial charge on any atom is 0.272 e. The Kier molecular flexibility index (Phi) is 5.28. The van der Waals surface area contributed by atoms with Crippen molar-refractivity contribution in [1.29, 1.82) is 0 Å². The van der Waals surface area contributed by atoms with E-state index in [1.54, 1.807) is 18.2 Å². The van der Waals surface area contributed by atoms with Crippen molar-refractivity contribution in [3.05, 3.63) is 64.1 Å². The highest BCUT2D eigenvalue weighted by molar-refractivity contribution is 9.10. The summed E-state index contributed by atoms with van der Waals surface area (Å²) in [5, 5.41) is 7.07. The lowest BCUT2D eigenvalue weighted by Gasteiger charge is -2.08. The van der Waals surface area contributed by atoms with Gasteiger partial charge in [0, 0.05) is 16.1 Å². The maximum atomic E-state index is 12.2. The number of hydrogen-bond acceptors (Lipinski definition) is 3. The van der Waals surface area contributed by atoms with Gasteiger partial charge in [0.15, 0.2) is 0 Å². The fourth-order valence-electron chi connectivity index (χ4n) is 2.32. The molecule has 1 fully saturated rings. The molecule has 0 radical (unpaired) electrons.